The summed E-state index contributed by atoms with van der Waals surface area (Å²) in [7, 11) is -4.06. The van der Waals surface area contributed by atoms with Crippen molar-refractivity contribution >= 4 is 15.7 Å². The first-order valence-electron chi connectivity index (χ1n) is 14.0. The first-order chi connectivity index (χ1) is 20.5. The van der Waals surface area contributed by atoms with E-state index in [1.165, 1.54) is 42.0 Å². The minimum Gasteiger partial charge on any atom is -0.493 e. The normalized spacial score (nSPS) is 14.6. The van der Waals surface area contributed by atoms with Crippen LogP contribution < -0.4 is 9.46 Å². The van der Waals surface area contributed by atoms with Crippen molar-refractivity contribution in [3.05, 3.63) is 125 Å². The Kier molecular flexibility index (Phi) is 9.08. The molecule has 1 unspecified atom stereocenters. The van der Waals surface area contributed by atoms with Gasteiger partial charge in [0.05, 0.1) is 22.8 Å². The second kappa shape index (κ2) is 12.8. The van der Waals surface area contributed by atoms with Gasteiger partial charge >= 0.3 is 6.18 Å². The Morgan fingerprint density at radius 3 is 2.37 bits per heavy atom. The zero-order chi connectivity index (χ0) is 30.6. The van der Waals surface area contributed by atoms with Crippen LogP contribution in [0.5, 0.6) is 5.75 Å². The SMILES string of the molecule is CC(c1ccc(C(F)(F)F)cc1)N1CCc2cc(S(=O)(=O)Nc3ccc(OCCCc4ccccc4)cc3F)ccc2C1. The van der Waals surface area contributed by atoms with Crippen molar-refractivity contribution < 1.29 is 30.7 Å². The molecule has 5 nitrogen and oxygen atoms in total. The van der Waals surface area contributed by atoms with Crippen molar-refractivity contribution in [1.29, 1.82) is 0 Å². The van der Waals surface area contributed by atoms with Crippen LogP contribution in [0.1, 0.15) is 47.2 Å². The van der Waals surface area contributed by atoms with Gasteiger partial charge in [-0.2, -0.15) is 13.2 Å². The number of benzene rings is 4. The number of nitrogens with zero attached hydrogens (tertiary/aromatic N) is 1. The van der Waals surface area contributed by atoms with Gasteiger partial charge in [0.15, 0.2) is 5.82 Å². The average molecular weight is 613 g/mol. The first kappa shape index (κ1) is 30.6. The van der Waals surface area contributed by atoms with Crippen LogP contribution in [0.25, 0.3) is 0 Å². The largest absolute Gasteiger partial charge is 0.493 e. The predicted molar refractivity (Wildman–Crippen MR) is 158 cm³/mol. The van der Waals surface area contributed by atoms with Crippen molar-refractivity contribution in [1.82, 2.24) is 4.90 Å². The molecule has 1 atom stereocenters. The van der Waals surface area contributed by atoms with Gasteiger partial charge in [0.25, 0.3) is 10.0 Å². The van der Waals surface area contributed by atoms with E-state index in [1.54, 1.807) is 12.1 Å². The molecule has 10 heteroatoms. The number of hydrogen-bond donors (Lipinski definition) is 1. The van der Waals surface area contributed by atoms with Crippen molar-refractivity contribution in [2.24, 2.45) is 0 Å². The third kappa shape index (κ3) is 7.55. The molecule has 0 saturated heterocycles. The molecule has 0 aromatic heterocycles. The summed E-state index contributed by atoms with van der Waals surface area (Å²) in [6.45, 7) is 3.46. The molecular weight excluding hydrogens is 580 g/mol. The van der Waals surface area contributed by atoms with Crippen LogP contribution in [0.3, 0.4) is 0 Å². The molecule has 5 rings (SSSR count). The highest BCUT2D eigenvalue weighted by Crippen LogP contribution is 2.33. The quantitative estimate of drug-likeness (QED) is 0.147. The number of nitrogens with one attached hydrogen (secondary N) is 1. The van der Waals surface area contributed by atoms with Crippen molar-refractivity contribution in [2.45, 2.75) is 49.8 Å². The van der Waals surface area contributed by atoms with Crippen LogP contribution in [-0.4, -0.2) is 26.5 Å². The van der Waals surface area contributed by atoms with Gasteiger partial charge in [0.1, 0.15) is 5.75 Å². The Hall–Kier alpha value is -3.89. The summed E-state index contributed by atoms with van der Waals surface area (Å²) in [5.41, 5.74) is 2.89. The van der Waals surface area contributed by atoms with Crippen LogP contribution in [0, 0.1) is 5.82 Å². The zero-order valence-corrected chi connectivity index (χ0v) is 24.4. The summed E-state index contributed by atoms with van der Waals surface area (Å²) in [6.07, 6.45) is -2.23. The third-order valence-corrected chi connectivity index (χ3v) is 9.07. The number of ether oxygens (including phenoxy) is 1. The summed E-state index contributed by atoms with van der Waals surface area (Å²) in [6, 6.07) is 23.9. The van der Waals surface area contributed by atoms with E-state index in [0.29, 0.717) is 31.9 Å². The van der Waals surface area contributed by atoms with Gasteiger partial charge in [0, 0.05) is 25.2 Å². The third-order valence-electron chi connectivity index (χ3n) is 7.70. The van der Waals surface area contributed by atoms with Crippen molar-refractivity contribution in [2.75, 3.05) is 17.9 Å². The molecule has 0 spiro atoms. The van der Waals surface area contributed by atoms with Crippen LogP contribution in [0.4, 0.5) is 23.2 Å². The van der Waals surface area contributed by atoms with Crippen LogP contribution in [-0.2, 0) is 35.6 Å². The Bertz CT molecular complexity index is 1660. The maximum atomic E-state index is 14.8. The number of rotatable bonds is 10. The van der Waals surface area contributed by atoms with Gasteiger partial charge in [-0.3, -0.25) is 9.62 Å². The summed E-state index contributed by atoms with van der Waals surface area (Å²) in [5, 5.41) is 0. The Morgan fingerprint density at radius 1 is 0.930 bits per heavy atom. The van der Waals surface area contributed by atoms with E-state index in [9.17, 15) is 26.0 Å². The molecule has 0 bridgehead atoms. The number of sulfonamides is 1. The fraction of sp³-hybridized carbons (Fsp3) is 0.273. The Balaban J connectivity index is 1.19. The van der Waals surface area contributed by atoms with Gasteiger partial charge in [-0.05, 0) is 84.8 Å². The van der Waals surface area contributed by atoms with E-state index in [4.69, 9.17) is 4.74 Å². The van der Waals surface area contributed by atoms with Crippen LogP contribution in [0.15, 0.2) is 95.9 Å². The monoisotopic (exact) mass is 612 g/mol. The summed E-state index contributed by atoms with van der Waals surface area (Å²) < 4.78 is 87.8. The molecule has 1 aliphatic heterocycles. The van der Waals surface area contributed by atoms with Crippen LogP contribution >= 0.6 is 0 Å². The number of fused-ring (bicyclic) bond motifs is 1. The van der Waals surface area contributed by atoms with Gasteiger partial charge in [-0.1, -0.05) is 48.5 Å². The molecule has 4 aromatic rings. The van der Waals surface area contributed by atoms with Gasteiger partial charge in [-0.25, -0.2) is 12.8 Å². The van der Waals surface area contributed by atoms with E-state index in [0.717, 1.165) is 41.7 Å². The molecule has 226 valence electrons. The molecule has 1 aliphatic rings. The second-order valence-corrected chi connectivity index (χ2v) is 12.3. The van der Waals surface area contributed by atoms with Crippen LogP contribution in [0.2, 0.25) is 0 Å². The fourth-order valence-corrected chi connectivity index (χ4v) is 6.31. The molecule has 4 aromatic carbocycles. The average Bonchev–Trinajstić information content (AvgIpc) is 3.00. The summed E-state index contributed by atoms with van der Waals surface area (Å²) >= 11 is 0. The Labute approximate surface area is 249 Å². The van der Waals surface area contributed by atoms with Gasteiger partial charge in [0.2, 0.25) is 0 Å². The highest BCUT2D eigenvalue weighted by atomic mass is 32.2. The molecular formula is C33H32F4N2O3S. The molecule has 0 amide bonds. The Morgan fingerprint density at radius 2 is 1.67 bits per heavy atom. The molecule has 43 heavy (non-hydrogen) atoms. The molecule has 0 radical (unpaired) electrons. The van der Waals surface area contributed by atoms with E-state index in [2.05, 4.69) is 9.62 Å². The highest BCUT2D eigenvalue weighted by molar-refractivity contribution is 7.92. The smallest absolute Gasteiger partial charge is 0.416 e. The topological polar surface area (TPSA) is 58.6 Å². The van der Waals surface area contributed by atoms with E-state index < -0.39 is 27.6 Å². The number of alkyl halides is 3. The molecule has 0 fully saturated rings. The lowest BCUT2D eigenvalue weighted by Gasteiger charge is -2.34. The predicted octanol–water partition coefficient (Wildman–Crippen LogP) is 7.78. The van der Waals surface area contributed by atoms with E-state index in [1.807, 2.05) is 37.3 Å². The molecule has 0 saturated carbocycles. The maximum Gasteiger partial charge on any atom is 0.416 e. The zero-order valence-electron chi connectivity index (χ0n) is 23.6. The van der Waals surface area contributed by atoms with E-state index in [-0.39, 0.29) is 16.6 Å². The lowest BCUT2D eigenvalue weighted by molar-refractivity contribution is -0.137. The highest BCUT2D eigenvalue weighted by Gasteiger charge is 2.31. The minimum atomic E-state index is -4.38. The maximum absolute atomic E-state index is 14.8. The number of anilines is 1. The molecule has 1 heterocycles. The summed E-state index contributed by atoms with van der Waals surface area (Å²) in [4.78, 5) is 2.16. The van der Waals surface area contributed by atoms with Crippen molar-refractivity contribution in [3.63, 3.8) is 0 Å². The lowest BCUT2D eigenvalue weighted by Crippen LogP contribution is -2.33. The first-order valence-corrected chi connectivity index (χ1v) is 15.5. The number of hydrogen-bond acceptors (Lipinski definition) is 4. The standard InChI is InChI=1S/C33H32F4N2O3S/c1-23(25-9-12-28(13-10-25)33(35,36)37)39-18-17-26-20-30(15-11-27(26)22-39)43(40,41)38-32-16-14-29(21-31(32)34)42-19-5-8-24-6-3-2-4-7-24/h2-4,6-7,9-16,20-21,23,38H,5,8,17-19,22H2,1H3. The van der Waals surface area contributed by atoms with Gasteiger partial charge < -0.3 is 4.74 Å². The molecule has 1 N–H and O–H groups in total. The van der Waals surface area contributed by atoms with Crippen molar-refractivity contribution in [3.8, 4) is 5.75 Å². The number of aryl methyl sites for hydroxylation is 1. The second-order valence-electron chi connectivity index (χ2n) is 10.6. The fourth-order valence-electron chi connectivity index (χ4n) is 5.19. The van der Waals surface area contributed by atoms with Gasteiger partial charge in [-0.15, -0.1) is 0 Å². The minimum absolute atomic E-state index is 0.0242. The lowest BCUT2D eigenvalue weighted by atomic mass is 9.96. The summed E-state index contributed by atoms with van der Waals surface area (Å²) in [5.74, 6) is -0.424. The molecule has 0 aliphatic carbocycles. The van der Waals surface area contributed by atoms with E-state index >= 15 is 0 Å². The number of halogens is 4.